The van der Waals surface area contributed by atoms with Gasteiger partial charge in [0.05, 0.1) is 31.2 Å². The molecule has 6 nitrogen and oxygen atoms in total. The van der Waals surface area contributed by atoms with Crippen molar-refractivity contribution < 1.29 is 24.2 Å². The third kappa shape index (κ3) is 2.43. The highest BCUT2D eigenvalue weighted by Crippen LogP contribution is 2.44. The van der Waals surface area contributed by atoms with Gasteiger partial charge in [-0.1, -0.05) is 0 Å². The van der Waals surface area contributed by atoms with Crippen LogP contribution in [-0.4, -0.2) is 36.3 Å². The number of benzene rings is 1. The second-order valence-corrected chi connectivity index (χ2v) is 5.85. The summed E-state index contributed by atoms with van der Waals surface area (Å²) in [5.74, 6) is -1.91. The number of ether oxygens (including phenoxy) is 2. The lowest BCUT2D eigenvalue weighted by Gasteiger charge is -2.24. The number of hydrogen-bond acceptors (Lipinski definition) is 4. The summed E-state index contributed by atoms with van der Waals surface area (Å²) in [6.07, 6.45) is 0.834. The molecule has 2 N–H and O–H groups in total. The van der Waals surface area contributed by atoms with Crippen LogP contribution in [0, 0.1) is 18.8 Å². The number of carbonyl (C=O) groups excluding carboxylic acids is 1. The largest absolute Gasteiger partial charge is 0.497 e. The Morgan fingerprint density at radius 1 is 1.27 bits per heavy atom. The van der Waals surface area contributed by atoms with Crippen LogP contribution in [0.2, 0.25) is 0 Å². The lowest BCUT2D eigenvalue weighted by Crippen LogP contribution is -2.41. The number of hydrogen-bond donors (Lipinski definition) is 2. The van der Waals surface area contributed by atoms with E-state index in [0.29, 0.717) is 17.9 Å². The maximum absolute atomic E-state index is 12.5. The van der Waals surface area contributed by atoms with Gasteiger partial charge >= 0.3 is 5.97 Å². The van der Waals surface area contributed by atoms with Gasteiger partial charge in [0, 0.05) is 5.69 Å². The fraction of sp³-hybridized carbons (Fsp3) is 0.500. The van der Waals surface area contributed by atoms with Crippen LogP contribution in [0.5, 0.6) is 5.75 Å². The molecule has 6 heteroatoms. The van der Waals surface area contributed by atoms with E-state index in [-0.39, 0.29) is 18.1 Å². The minimum atomic E-state index is -0.959. The molecule has 0 saturated carbocycles. The van der Waals surface area contributed by atoms with Gasteiger partial charge in [-0.25, -0.2) is 0 Å². The third-order valence-electron chi connectivity index (χ3n) is 4.55. The molecular formula is C16H19NO5. The maximum atomic E-state index is 12.5. The SMILES string of the molecule is COc1ccc(NC(=O)[C@H]2[C@@H](C(=O)O)[C@H]3CC[C@@H]2O3)c(C)c1. The molecular weight excluding hydrogens is 286 g/mol. The van der Waals surface area contributed by atoms with Gasteiger partial charge in [-0.05, 0) is 43.5 Å². The molecule has 0 unspecified atom stereocenters. The molecule has 0 spiro atoms. The van der Waals surface area contributed by atoms with Crippen molar-refractivity contribution in [3.63, 3.8) is 0 Å². The number of nitrogens with one attached hydrogen (secondary N) is 1. The molecule has 118 valence electrons. The van der Waals surface area contributed by atoms with Gasteiger partial charge in [0.15, 0.2) is 0 Å². The molecule has 2 bridgehead atoms. The van der Waals surface area contributed by atoms with Crippen molar-refractivity contribution in [2.24, 2.45) is 11.8 Å². The van der Waals surface area contributed by atoms with Crippen LogP contribution in [-0.2, 0) is 14.3 Å². The molecule has 4 atom stereocenters. The van der Waals surface area contributed by atoms with Gasteiger partial charge in [0.25, 0.3) is 0 Å². The highest BCUT2D eigenvalue weighted by Gasteiger charge is 2.55. The van der Waals surface area contributed by atoms with Crippen molar-refractivity contribution >= 4 is 17.6 Å². The predicted octanol–water partition coefficient (Wildman–Crippen LogP) is 1.82. The number of fused-ring (bicyclic) bond motifs is 2. The standard InChI is InChI=1S/C16H19NO5/c1-8-7-9(21-2)3-4-10(8)17-15(18)13-11-5-6-12(22-11)14(13)16(19)20/h3-4,7,11-14H,5-6H2,1-2H3,(H,17,18)(H,19,20)/t11-,12+,13+,14-/m0/s1. The fourth-order valence-electron chi connectivity index (χ4n) is 3.44. The van der Waals surface area contributed by atoms with Crippen molar-refractivity contribution in [1.82, 2.24) is 0 Å². The van der Waals surface area contributed by atoms with E-state index in [1.54, 1.807) is 19.2 Å². The summed E-state index contributed by atoms with van der Waals surface area (Å²) in [7, 11) is 1.58. The zero-order valence-electron chi connectivity index (χ0n) is 12.5. The Hall–Kier alpha value is -2.08. The van der Waals surface area contributed by atoms with Gasteiger partial charge in [0.2, 0.25) is 5.91 Å². The number of rotatable bonds is 4. The summed E-state index contributed by atoms with van der Waals surface area (Å²) >= 11 is 0. The smallest absolute Gasteiger partial charge is 0.310 e. The van der Waals surface area contributed by atoms with Crippen molar-refractivity contribution in [1.29, 1.82) is 0 Å². The molecule has 0 aliphatic carbocycles. The first kappa shape index (κ1) is 14.8. The van der Waals surface area contributed by atoms with Crippen molar-refractivity contribution in [3.05, 3.63) is 23.8 Å². The molecule has 0 aromatic heterocycles. The molecule has 2 fully saturated rings. The molecule has 22 heavy (non-hydrogen) atoms. The first-order valence-electron chi connectivity index (χ1n) is 7.35. The van der Waals surface area contributed by atoms with Crippen LogP contribution in [0.25, 0.3) is 0 Å². The van der Waals surface area contributed by atoms with Crippen molar-refractivity contribution in [3.8, 4) is 5.75 Å². The zero-order valence-corrected chi connectivity index (χ0v) is 12.5. The van der Waals surface area contributed by atoms with E-state index in [0.717, 1.165) is 12.0 Å². The van der Waals surface area contributed by atoms with Crippen LogP contribution in [0.4, 0.5) is 5.69 Å². The van der Waals surface area contributed by atoms with Crippen LogP contribution >= 0.6 is 0 Å². The fourth-order valence-corrected chi connectivity index (χ4v) is 3.44. The highest BCUT2D eigenvalue weighted by molar-refractivity contribution is 5.96. The number of methoxy groups -OCH3 is 1. The molecule has 2 saturated heterocycles. The second-order valence-electron chi connectivity index (χ2n) is 5.85. The Morgan fingerprint density at radius 2 is 1.95 bits per heavy atom. The Kier molecular flexibility index (Phi) is 3.78. The number of amides is 1. The zero-order chi connectivity index (χ0) is 15.9. The van der Waals surface area contributed by atoms with Gasteiger partial charge in [-0.3, -0.25) is 9.59 Å². The van der Waals surface area contributed by atoms with E-state index < -0.39 is 17.8 Å². The minimum absolute atomic E-state index is 0.284. The number of carbonyl (C=O) groups is 2. The molecule has 2 aliphatic rings. The Balaban J connectivity index is 1.78. The third-order valence-corrected chi connectivity index (χ3v) is 4.55. The van der Waals surface area contributed by atoms with E-state index in [9.17, 15) is 14.7 Å². The lowest BCUT2D eigenvalue weighted by molar-refractivity contribution is -0.147. The number of carboxylic acid groups (broad SMARTS) is 1. The molecule has 1 aromatic rings. The molecule has 0 radical (unpaired) electrons. The number of aliphatic carboxylic acids is 1. The second kappa shape index (κ2) is 5.61. The van der Waals surface area contributed by atoms with Crippen LogP contribution in [0.1, 0.15) is 18.4 Å². The summed E-state index contributed by atoms with van der Waals surface area (Å²) < 4.78 is 10.8. The van der Waals surface area contributed by atoms with Gasteiger partial charge < -0.3 is 19.9 Å². The predicted molar refractivity (Wildman–Crippen MR) is 78.9 cm³/mol. The summed E-state index contributed by atoms with van der Waals surface area (Å²) in [4.78, 5) is 24.0. The number of anilines is 1. The average Bonchev–Trinajstić information content (AvgIpc) is 3.09. The van der Waals surface area contributed by atoms with Gasteiger partial charge in [-0.2, -0.15) is 0 Å². The van der Waals surface area contributed by atoms with Gasteiger partial charge in [0.1, 0.15) is 5.75 Å². The average molecular weight is 305 g/mol. The summed E-state index contributed by atoms with van der Waals surface area (Å²) in [6, 6.07) is 5.34. The lowest BCUT2D eigenvalue weighted by atomic mass is 9.78. The Labute approximate surface area is 128 Å². The topological polar surface area (TPSA) is 84.9 Å². The summed E-state index contributed by atoms with van der Waals surface area (Å²) in [5.41, 5.74) is 1.53. The van der Waals surface area contributed by atoms with E-state index in [1.807, 2.05) is 13.0 Å². The Morgan fingerprint density at radius 3 is 2.55 bits per heavy atom. The molecule has 1 amide bonds. The van der Waals surface area contributed by atoms with Crippen molar-refractivity contribution in [2.45, 2.75) is 32.0 Å². The quantitative estimate of drug-likeness (QED) is 0.886. The normalized spacial score (nSPS) is 29.4. The highest BCUT2D eigenvalue weighted by atomic mass is 16.5. The molecule has 2 aliphatic heterocycles. The maximum Gasteiger partial charge on any atom is 0.310 e. The minimum Gasteiger partial charge on any atom is -0.497 e. The van der Waals surface area contributed by atoms with E-state index in [1.165, 1.54) is 0 Å². The molecule has 2 heterocycles. The Bertz CT molecular complexity index is 615. The van der Waals surface area contributed by atoms with E-state index in [2.05, 4.69) is 5.32 Å². The summed E-state index contributed by atoms with van der Waals surface area (Å²) in [5, 5.41) is 12.2. The summed E-state index contributed by atoms with van der Waals surface area (Å²) in [6.45, 7) is 1.87. The van der Waals surface area contributed by atoms with Crippen LogP contribution in [0.3, 0.4) is 0 Å². The molecule has 1 aromatic carbocycles. The van der Waals surface area contributed by atoms with Crippen molar-refractivity contribution in [2.75, 3.05) is 12.4 Å². The number of carboxylic acids is 1. The van der Waals surface area contributed by atoms with Gasteiger partial charge in [-0.15, -0.1) is 0 Å². The monoisotopic (exact) mass is 305 g/mol. The van der Waals surface area contributed by atoms with E-state index >= 15 is 0 Å². The van der Waals surface area contributed by atoms with Crippen LogP contribution in [0.15, 0.2) is 18.2 Å². The first-order chi connectivity index (χ1) is 10.5. The number of aryl methyl sites for hydroxylation is 1. The van der Waals surface area contributed by atoms with E-state index in [4.69, 9.17) is 9.47 Å². The van der Waals surface area contributed by atoms with Crippen LogP contribution < -0.4 is 10.1 Å². The molecule has 3 rings (SSSR count). The first-order valence-corrected chi connectivity index (χ1v) is 7.35.